The molecule has 1 N–H and O–H groups in total. The average molecular weight is 213 g/mol. The van der Waals surface area contributed by atoms with Crippen LogP contribution in [0.1, 0.15) is 54.4 Å². The summed E-state index contributed by atoms with van der Waals surface area (Å²) in [4.78, 5) is 0. The predicted octanol–water partition coefficient (Wildman–Crippen LogP) is 2.97. The van der Waals surface area contributed by atoms with Crippen molar-refractivity contribution in [3.8, 4) is 0 Å². The predicted molar refractivity (Wildman–Crippen MR) is 65.1 cm³/mol. The van der Waals surface area contributed by atoms with Gasteiger partial charge in [-0.15, -0.1) is 0 Å². The molecule has 1 fully saturated rings. The maximum atomic E-state index is 6.06. The lowest BCUT2D eigenvalue weighted by molar-refractivity contribution is -0.172. The molecule has 0 radical (unpaired) electrons. The van der Waals surface area contributed by atoms with Gasteiger partial charge in [0.05, 0.1) is 11.7 Å². The zero-order valence-electron chi connectivity index (χ0n) is 11.2. The Bertz CT molecular complexity index is 205. The first-order chi connectivity index (χ1) is 6.77. The molecule has 90 valence electrons. The molecule has 0 aromatic heterocycles. The summed E-state index contributed by atoms with van der Waals surface area (Å²) in [5.41, 5.74) is 0.264. The van der Waals surface area contributed by atoms with E-state index in [-0.39, 0.29) is 11.0 Å². The Balaban J connectivity index is 2.41. The number of ether oxygens (including phenoxy) is 1. The molecule has 0 aromatic rings. The minimum absolute atomic E-state index is 0.0162. The van der Waals surface area contributed by atoms with E-state index in [1.54, 1.807) is 0 Å². The zero-order chi connectivity index (χ0) is 11.7. The van der Waals surface area contributed by atoms with Crippen LogP contribution in [0.5, 0.6) is 0 Å². The number of hydrogen-bond acceptors (Lipinski definition) is 2. The molecule has 2 nitrogen and oxygen atoms in total. The topological polar surface area (TPSA) is 21.3 Å². The van der Waals surface area contributed by atoms with Gasteiger partial charge in [-0.1, -0.05) is 20.8 Å². The van der Waals surface area contributed by atoms with Gasteiger partial charge >= 0.3 is 0 Å². The van der Waals surface area contributed by atoms with Gasteiger partial charge in [0, 0.05) is 11.5 Å². The average Bonchev–Trinajstić information content (AvgIpc) is 2.08. The summed E-state index contributed by atoms with van der Waals surface area (Å²) in [5, 5.41) is 3.59. The number of hydrogen-bond donors (Lipinski definition) is 1. The van der Waals surface area contributed by atoms with Crippen LogP contribution in [0.2, 0.25) is 0 Å². The summed E-state index contributed by atoms with van der Waals surface area (Å²) in [6, 6.07) is 0.629. The first-order valence-corrected chi connectivity index (χ1v) is 6.18. The van der Waals surface area contributed by atoms with E-state index in [1.165, 1.54) is 6.42 Å². The molecule has 2 unspecified atom stereocenters. The van der Waals surface area contributed by atoms with Crippen molar-refractivity contribution in [1.82, 2.24) is 5.32 Å². The Hall–Kier alpha value is -0.0800. The summed E-state index contributed by atoms with van der Waals surface area (Å²) >= 11 is 0. The van der Waals surface area contributed by atoms with Gasteiger partial charge in [0.15, 0.2) is 0 Å². The minimum atomic E-state index is -0.0162. The molecule has 1 aliphatic rings. The third-order valence-corrected chi connectivity index (χ3v) is 3.31. The number of nitrogens with one attached hydrogen (secondary N) is 1. The molecule has 2 atom stereocenters. The molecule has 0 heterocycles. The molecule has 15 heavy (non-hydrogen) atoms. The van der Waals surface area contributed by atoms with Crippen molar-refractivity contribution in [3.63, 3.8) is 0 Å². The van der Waals surface area contributed by atoms with E-state index in [4.69, 9.17) is 4.74 Å². The lowest BCUT2D eigenvalue weighted by Crippen LogP contribution is -2.62. The van der Waals surface area contributed by atoms with E-state index in [2.05, 4.69) is 46.9 Å². The molecular weight excluding hydrogens is 186 g/mol. The third-order valence-electron chi connectivity index (χ3n) is 3.31. The van der Waals surface area contributed by atoms with Crippen molar-refractivity contribution < 1.29 is 4.74 Å². The minimum Gasteiger partial charge on any atom is -0.372 e. The highest BCUT2D eigenvalue weighted by atomic mass is 16.5. The maximum Gasteiger partial charge on any atom is 0.0663 e. The van der Waals surface area contributed by atoms with E-state index in [1.807, 2.05) is 0 Å². The van der Waals surface area contributed by atoms with Gasteiger partial charge < -0.3 is 10.1 Å². The second-order valence-electron chi connectivity index (χ2n) is 6.28. The molecular formula is C13H27NO. The first-order valence-electron chi connectivity index (χ1n) is 6.18. The Kier molecular flexibility index (Phi) is 3.83. The van der Waals surface area contributed by atoms with Crippen molar-refractivity contribution >= 4 is 0 Å². The fourth-order valence-corrected chi connectivity index (χ4v) is 2.18. The molecule has 1 saturated carbocycles. The fraction of sp³-hybridized carbons (Fsp3) is 1.00. The highest BCUT2D eigenvalue weighted by Gasteiger charge is 2.49. The van der Waals surface area contributed by atoms with E-state index >= 15 is 0 Å². The van der Waals surface area contributed by atoms with Gasteiger partial charge in [0.25, 0.3) is 0 Å². The maximum absolute atomic E-state index is 6.06. The van der Waals surface area contributed by atoms with E-state index < -0.39 is 0 Å². The Morgan fingerprint density at radius 1 is 1.33 bits per heavy atom. The molecule has 1 aliphatic carbocycles. The Morgan fingerprint density at radius 3 is 2.33 bits per heavy atom. The van der Waals surface area contributed by atoms with Gasteiger partial charge in [-0.2, -0.15) is 0 Å². The molecule has 0 amide bonds. The van der Waals surface area contributed by atoms with E-state index in [0.29, 0.717) is 12.1 Å². The molecule has 2 heteroatoms. The van der Waals surface area contributed by atoms with Crippen molar-refractivity contribution in [3.05, 3.63) is 0 Å². The summed E-state index contributed by atoms with van der Waals surface area (Å²) in [7, 11) is 0. The zero-order valence-corrected chi connectivity index (χ0v) is 11.2. The van der Waals surface area contributed by atoms with Gasteiger partial charge in [-0.25, -0.2) is 0 Å². The summed E-state index contributed by atoms with van der Waals surface area (Å²) < 4.78 is 6.06. The van der Waals surface area contributed by atoms with Crippen molar-refractivity contribution in [2.24, 2.45) is 5.41 Å². The van der Waals surface area contributed by atoms with E-state index in [9.17, 15) is 0 Å². The summed E-state index contributed by atoms with van der Waals surface area (Å²) in [5.74, 6) is 0. The molecule has 0 bridgehead atoms. The molecule has 0 aliphatic heterocycles. The van der Waals surface area contributed by atoms with Gasteiger partial charge in [-0.05, 0) is 40.2 Å². The molecule has 0 spiro atoms. The smallest absolute Gasteiger partial charge is 0.0663 e. The second kappa shape index (κ2) is 4.42. The van der Waals surface area contributed by atoms with Crippen LogP contribution >= 0.6 is 0 Å². The van der Waals surface area contributed by atoms with Gasteiger partial charge in [0.1, 0.15) is 0 Å². The lowest BCUT2D eigenvalue weighted by atomic mass is 9.64. The van der Waals surface area contributed by atoms with Crippen molar-refractivity contribution in [1.29, 1.82) is 0 Å². The third kappa shape index (κ3) is 3.18. The first kappa shape index (κ1) is 13.0. The van der Waals surface area contributed by atoms with Crippen LogP contribution in [0.4, 0.5) is 0 Å². The number of rotatable bonds is 4. The largest absolute Gasteiger partial charge is 0.372 e. The summed E-state index contributed by atoms with van der Waals surface area (Å²) in [6.07, 6.45) is 2.77. The van der Waals surface area contributed by atoms with Crippen LogP contribution in [-0.2, 0) is 4.74 Å². The van der Waals surface area contributed by atoms with Crippen molar-refractivity contribution in [2.45, 2.75) is 72.1 Å². The molecule has 0 aromatic carbocycles. The normalized spacial score (nSPS) is 30.0. The monoisotopic (exact) mass is 213 g/mol. The van der Waals surface area contributed by atoms with Crippen LogP contribution < -0.4 is 5.32 Å². The fourth-order valence-electron chi connectivity index (χ4n) is 2.18. The van der Waals surface area contributed by atoms with Crippen LogP contribution in [0.15, 0.2) is 0 Å². The van der Waals surface area contributed by atoms with E-state index in [0.717, 1.165) is 13.0 Å². The Labute approximate surface area is 94.8 Å². The van der Waals surface area contributed by atoms with Gasteiger partial charge in [0.2, 0.25) is 0 Å². The lowest BCUT2D eigenvalue weighted by Gasteiger charge is -2.53. The van der Waals surface area contributed by atoms with Crippen LogP contribution in [0.3, 0.4) is 0 Å². The highest BCUT2D eigenvalue weighted by Crippen LogP contribution is 2.44. The Morgan fingerprint density at radius 2 is 1.93 bits per heavy atom. The SMILES string of the molecule is CCCNC1CC(OC(C)(C)C)C1(C)C. The summed E-state index contributed by atoms with van der Waals surface area (Å²) in [6.45, 7) is 14.3. The van der Waals surface area contributed by atoms with Crippen molar-refractivity contribution in [2.75, 3.05) is 6.54 Å². The standard InChI is InChI=1S/C13H27NO/c1-7-8-14-10-9-11(13(10,5)6)15-12(2,3)4/h10-11,14H,7-9H2,1-6H3. The van der Waals surface area contributed by atoms with Crippen LogP contribution in [-0.4, -0.2) is 24.3 Å². The molecule has 1 rings (SSSR count). The second-order valence-corrected chi connectivity index (χ2v) is 6.28. The quantitative estimate of drug-likeness (QED) is 0.775. The van der Waals surface area contributed by atoms with Crippen LogP contribution in [0, 0.1) is 5.41 Å². The van der Waals surface area contributed by atoms with Crippen LogP contribution in [0.25, 0.3) is 0 Å². The highest BCUT2D eigenvalue weighted by molar-refractivity contribution is 5.03. The van der Waals surface area contributed by atoms with Gasteiger partial charge in [-0.3, -0.25) is 0 Å². The molecule has 0 saturated heterocycles.